The molecule has 0 amide bonds. The predicted octanol–water partition coefficient (Wildman–Crippen LogP) is 3.26. The number of phenols is 6. The summed E-state index contributed by atoms with van der Waals surface area (Å²) >= 11 is 0. The van der Waals surface area contributed by atoms with Crippen LogP contribution in [0, 0.1) is 0 Å². The first-order valence-electron chi connectivity index (χ1n) is 8.81. The average Bonchev–Trinajstić information content (AvgIpc) is 2.64. The molecule has 6 nitrogen and oxygen atoms in total. The molecule has 3 aromatic carbocycles. The van der Waals surface area contributed by atoms with Gasteiger partial charge in [-0.15, -0.1) is 0 Å². The molecule has 0 fully saturated rings. The second-order valence-corrected chi connectivity index (χ2v) is 7.91. The number of rotatable bonds is 0. The first kappa shape index (κ1) is 16.6. The molecule has 6 rings (SSSR count). The van der Waals surface area contributed by atoms with E-state index in [0.717, 1.165) is 0 Å². The Kier molecular flexibility index (Phi) is 2.76. The molecule has 6 heteroatoms. The van der Waals surface area contributed by atoms with Crippen LogP contribution in [0.1, 0.15) is 47.2 Å². The molecule has 28 heavy (non-hydrogen) atoms. The topological polar surface area (TPSA) is 121 Å². The highest BCUT2D eigenvalue weighted by Gasteiger charge is 2.56. The molecular weight excluding hydrogens is 360 g/mol. The minimum atomic E-state index is -0.903. The highest BCUT2D eigenvalue weighted by Crippen LogP contribution is 2.64. The third kappa shape index (κ3) is 1.60. The Bertz CT molecular complexity index is 970. The van der Waals surface area contributed by atoms with Crippen LogP contribution in [0.5, 0.6) is 34.5 Å². The van der Waals surface area contributed by atoms with Gasteiger partial charge in [0.2, 0.25) is 0 Å². The number of benzene rings is 3. The van der Waals surface area contributed by atoms with E-state index >= 15 is 0 Å². The van der Waals surface area contributed by atoms with E-state index in [0.29, 0.717) is 33.4 Å². The molecule has 3 aliphatic carbocycles. The minimum absolute atomic E-state index is 0.273. The first-order chi connectivity index (χ1) is 13.1. The monoisotopic (exact) mass is 378 g/mol. The van der Waals surface area contributed by atoms with Crippen LogP contribution in [0.3, 0.4) is 0 Å². The molecule has 0 aromatic heterocycles. The average molecular weight is 378 g/mol. The van der Waals surface area contributed by atoms with Gasteiger partial charge in [-0.3, -0.25) is 0 Å². The van der Waals surface area contributed by atoms with Crippen LogP contribution < -0.4 is 0 Å². The maximum absolute atomic E-state index is 10.2. The molecule has 0 spiro atoms. The largest absolute Gasteiger partial charge is 0.504 e. The smallest absolute Gasteiger partial charge is 0.157 e. The van der Waals surface area contributed by atoms with Crippen molar-refractivity contribution in [2.45, 2.75) is 24.7 Å². The summed E-state index contributed by atoms with van der Waals surface area (Å²) in [5.41, 5.74) is 2.45. The molecular formula is C22H18O6. The zero-order chi connectivity index (χ0) is 20.2. The normalized spacial score (nSPS) is 23.8. The lowest BCUT2D eigenvalue weighted by molar-refractivity contribution is 0.385. The fraction of sp³-hybridized carbons (Fsp3) is 0.182. The van der Waals surface area contributed by atoms with Crippen molar-refractivity contribution >= 4 is 0 Å². The zero-order valence-electron chi connectivity index (χ0n) is 15.1. The van der Waals surface area contributed by atoms with E-state index in [1.807, 2.05) is 13.8 Å². The van der Waals surface area contributed by atoms with Gasteiger partial charge in [-0.25, -0.2) is 0 Å². The van der Waals surface area contributed by atoms with Crippen molar-refractivity contribution in [1.29, 1.82) is 0 Å². The zero-order valence-corrected chi connectivity index (χ0v) is 15.1. The molecule has 142 valence electrons. The van der Waals surface area contributed by atoms with E-state index in [4.69, 9.17) is 0 Å². The fourth-order valence-corrected chi connectivity index (χ4v) is 5.08. The van der Waals surface area contributed by atoms with Crippen molar-refractivity contribution in [3.8, 4) is 34.5 Å². The Labute approximate surface area is 160 Å². The van der Waals surface area contributed by atoms with Gasteiger partial charge >= 0.3 is 0 Å². The standard InChI is InChI=1S/C22H18O6/c1-21-9-3-15(23)18(26)6-12(9)22(2,13-7-19(27)16(24)4-10(13)21)14-8-20(28)17(25)5-11(14)21/h3-8,23-28H,1-2H3. The van der Waals surface area contributed by atoms with Gasteiger partial charge in [0, 0.05) is 10.8 Å². The lowest BCUT2D eigenvalue weighted by atomic mass is 9.48. The molecule has 3 aliphatic rings. The van der Waals surface area contributed by atoms with E-state index in [2.05, 4.69) is 0 Å². The van der Waals surface area contributed by atoms with Gasteiger partial charge < -0.3 is 30.6 Å². The molecule has 0 saturated heterocycles. The van der Waals surface area contributed by atoms with Crippen LogP contribution in [0.2, 0.25) is 0 Å². The van der Waals surface area contributed by atoms with Crippen LogP contribution >= 0.6 is 0 Å². The van der Waals surface area contributed by atoms with E-state index < -0.39 is 10.8 Å². The maximum atomic E-state index is 10.2. The van der Waals surface area contributed by atoms with E-state index in [1.165, 1.54) is 36.4 Å². The fourth-order valence-electron chi connectivity index (χ4n) is 5.08. The number of hydrogen-bond acceptors (Lipinski definition) is 6. The van der Waals surface area contributed by atoms with Gasteiger partial charge in [0.25, 0.3) is 0 Å². The summed E-state index contributed by atoms with van der Waals surface area (Å²) in [5.74, 6) is -1.64. The predicted molar refractivity (Wildman–Crippen MR) is 100 cm³/mol. The minimum Gasteiger partial charge on any atom is -0.504 e. The van der Waals surface area contributed by atoms with Gasteiger partial charge in [-0.1, -0.05) is 0 Å². The summed E-state index contributed by atoms with van der Waals surface area (Å²) in [6.45, 7) is 3.76. The van der Waals surface area contributed by atoms with Crippen LogP contribution in [-0.4, -0.2) is 30.6 Å². The second kappa shape index (κ2) is 4.65. The van der Waals surface area contributed by atoms with Crippen molar-refractivity contribution in [3.05, 3.63) is 69.8 Å². The highest BCUT2D eigenvalue weighted by atomic mass is 16.3. The Morgan fingerprint density at radius 2 is 0.536 bits per heavy atom. The SMILES string of the molecule is CC12c3cc(O)c(O)cc3C(C)(c3cc(O)c(O)cc31)c1cc(O)c(O)cc12. The van der Waals surface area contributed by atoms with E-state index in [1.54, 1.807) is 0 Å². The van der Waals surface area contributed by atoms with E-state index in [9.17, 15) is 30.6 Å². The van der Waals surface area contributed by atoms with Gasteiger partial charge in [0.1, 0.15) is 0 Å². The van der Waals surface area contributed by atoms with Crippen LogP contribution in [0.15, 0.2) is 36.4 Å². The Balaban J connectivity index is 2.03. The molecule has 0 radical (unpaired) electrons. The van der Waals surface area contributed by atoms with Gasteiger partial charge in [0.05, 0.1) is 0 Å². The molecule has 2 bridgehead atoms. The molecule has 0 saturated carbocycles. The highest BCUT2D eigenvalue weighted by molar-refractivity contribution is 5.78. The lowest BCUT2D eigenvalue weighted by Crippen LogP contribution is -2.48. The van der Waals surface area contributed by atoms with Crippen LogP contribution in [0.25, 0.3) is 0 Å². The van der Waals surface area contributed by atoms with Crippen LogP contribution in [-0.2, 0) is 10.8 Å². The molecule has 0 unspecified atom stereocenters. The quantitative estimate of drug-likeness (QED) is 0.334. The number of hydrogen-bond donors (Lipinski definition) is 6. The maximum Gasteiger partial charge on any atom is 0.157 e. The lowest BCUT2D eigenvalue weighted by Gasteiger charge is -2.54. The first-order valence-corrected chi connectivity index (χ1v) is 8.81. The Hall–Kier alpha value is -3.54. The van der Waals surface area contributed by atoms with Crippen molar-refractivity contribution in [2.75, 3.05) is 0 Å². The second-order valence-electron chi connectivity index (χ2n) is 7.91. The summed E-state index contributed by atoms with van der Waals surface area (Å²) in [5, 5.41) is 61.0. The summed E-state index contributed by atoms with van der Waals surface area (Å²) in [4.78, 5) is 0. The van der Waals surface area contributed by atoms with Gasteiger partial charge in [0.15, 0.2) is 34.5 Å². The third-order valence-electron chi connectivity index (χ3n) is 6.58. The number of phenolic OH excluding ortho intramolecular Hbond substituents is 6. The molecule has 0 aliphatic heterocycles. The van der Waals surface area contributed by atoms with Crippen molar-refractivity contribution in [3.63, 3.8) is 0 Å². The van der Waals surface area contributed by atoms with Crippen molar-refractivity contribution in [2.24, 2.45) is 0 Å². The number of aromatic hydroxyl groups is 6. The van der Waals surface area contributed by atoms with Gasteiger partial charge in [-0.2, -0.15) is 0 Å². The summed E-state index contributed by atoms with van der Waals surface area (Å²) in [6, 6.07) is 8.93. The summed E-state index contributed by atoms with van der Waals surface area (Å²) in [7, 11) is 0. The molecule has 0 heterocycles. The van der Waals surface area contributed by atoms with E-state index in [-0.39, 0.29) is 34.5 Å². The summed E-state index contributed by atoms with van der Waals surface area (Å²) < 4.78 is 0. The van der Waals surface area contributed by atoms with Crippen molar-refractivity contribution in [1.82, 2.24) is 0 Å². The van der Waals surface area contributed by atoms with Crippen molar-refractivity contribution < 1.29 is 30.6 Å². The third-order valence-corrected chi connectivity index (χ3v) is 6.58. The summed E-state index contributed by atoms with van der Waals surface area (Å²) in [6.07, 6.45) is 0. The van der Waals surface area contributed by atoms with Crippen LogP contribution in [0.4, 0.5) is 0 Å². The Morgan fingerprint density at radius 1 is 0.393 bits per heavy atom. The molecule has 6 N–H and O–H groups in total. The molecule has 0 atom stereocenters. The Morgan fingerprint density at radius 3 is 0.679 bits per heavy atom. The molecule has 3 aromatic rings. The van der Waals surface area contributed by atoms with Gasteiger partial charge in [-0.05, 0) is 83.6 Å².